The molecule has 104 valence electrons. The van der Waals surface area contributed by atoms with E-state index in [4.69, 9.17) is 4.74 Å². The molecule has 0 spiro atoms. The first kappa shape index (κ1) is 13.5. The first-order valence-electron chi connectivity index (χ1n) is 6.16. The van der Waals surface area contributed by atoms with Crippen LogP contribution in [0.2, 0.25) is 0 Å². The van der Waals surface area contributed by atoms with Crippen LogP contribution in [-0.4, -0.2) is 46.7 Å². The number of carbonyl (C=O) groups is 1. The van der Waals surface area contributed by atoms with Gasteiger partial charge in [0, 0.05) is 33.4 Å². The Labute approximate surface area is 109 Å². The number of aromatic nitrogens is 2. The highest BCUT2D eigenvalue weighted by atomic mass is 16.5. The summed E-state index contributed by atoms with van der Waals surface area (Å²) in [6, 6.07) is 0. The van der Waals surface area contributed by atoms with Gasteiger partial charge in [0.2, 0.25) is 0 Å². The summed E-state index contributed by atoms with van der Waals surface area (Å²) in [5, 5.41) is 0. The highest BCUT2D eigenvalue weighted by Gasteiger charge is 2.22. The van der Waals surface area contributed by atoms with Crippen molar-refractivity contribution in [3.05, 3.63) is 32.6 Å². The Kier molecular flexibility index (Phi) is 3.84. The van der Waals surface area contributed by atoms with E-state index in [1.165, 1.54) is 18.1 Å². The van der Waals surface area contributed by atoms with Crippen molar-refractivity contribution in [2.24, 2.45) is 7.05 Å². The number of nitrogens with zero attached hydrogens (tertiary/aromatic N) is 2. The van der Waals surface area contributed by atoms with E-state index in [0.29, 0.717) is 13.2 Å². The predicted octanol–water partition coefficient (Wildman–Crippen LogP) is -0.675. The quantitative estimate of drug-likeness (QED) is 0.786. The molecule has 0 saturated carbocycles. The van der Waals surface area contributed by atoms with Crippen LogP contribution in [0.15, 0.2) is 15.8 Å². The number of hydrogen-bond acceptors (Lipinski definition) is 4. The topological polar surface area (TPSA) is 84.4 Å². The van der Waals surface area contributed by atoms with Crippen LogP contribution >= 0.6 is 0 Å². The standard InChI is InChI=1S/C12H17N3O4/c1-14(7-8-4-3-5-19-8)10(16)9-6-13-12(18)15(2)11(9)17/h6,8H,3-5,7H2,1-2H3,(H,13,18)/t8-/m1/s1. The van der Waals surface area contributed by atoms with E-state index < -0.39 is 17.2 Å². The van der Waals surface area contributed by atoms with Gasteiger partial charge in [-0.2, -0.15) is 0 Å². The van der Waals surface area contributed by atoms with Crippen molar-refractivity contribution in [1.29, 1.82) is 0 Å². The minimum absolute atomic E-state index is 0.0283. The first-order valence-corrected chi connectivity index (χ1v) is 6.16. The van der Waals surface area contributed by atoms with E-state index >= 15 is 0 Å². The summed E-state index contributed by atoms with van der Waals surface area (Å²) in [4.78, 5) is 39.0. The first-order chi connectivity index (χ1) is 9.00. The van der Waals surface area contributed by atoms with Crippen LogP contribution in [0, 0.1) is 0 Å². The Balaban J connectivity index is 2.17. The molecule has 1 N–H and O–H groups in total. The molecule has 0 bridgehead atoms. The van der Waals surface area contributed by atoms with Crippen LogP contribution in [-0.2, 0) is 11.8 Å². The molecule has 2 rings (SSSR count). The molecule has 19 heavy (non-hydrogen) atoms. The minimum atomic E-state index is -0.590. The van der Waals surface area contributed by atoms with Crippen molar-refractivity contribution in [2.75, 3.05) is 20.2 Å². The summed E-state index contributed by atoms with van der Waals surface area (Å²) in [5.74, 6) is -0.410. The van der Waals surface area contributed by atoms with Gasteiger partial charge in [0.15, 0.2) is 0 Å². The molecule has 1 fully saturated rings. The Morgan fingerprint density at radius 1 is 1.58 bits per heavy atom. The number of carbonyl (C=O) groups excluding carboxylic acids is 1. The maximum Gasteiger partial charge on any atom is 0.328 e. The van der Waals surface area contributed by atoms with Gasteiger partial charge < -0.3 is 14.6 Å². The summed E-state index contributed by atoms with van der Waals surface area (Å²) >= 11 is 0. The number of ether oxygens (including phenoxy) is 1. The zero-order chi connectivity index (χ0) is 14.0. The van der Waals surface area contributed by atoms with Crippen LogP contribution in [0.3, 0.4) is 0 Å². The molecule has 2 heterocycles. The third-order valence-electron chi connectivity index (χ3n) is 3.26. The van der Waals surface area contributed by atoms with Gasteiger partial charge in [-0.3, -0.25) is 14.2 Å². The number of rotatable bonds is 3. The van der Waals surface area contributed by atoms with E-state index in [1.807, 2.05) is 0 Å². The average Bonchev–Trinajstić information content (AvgIpc) is 2.88. The van der Waals surface area contributed by atoms with Gasteiger partial charge in [-0.25, -0.2) is 4.79 Å². The Morgan fingerprint density at radius 2 is 2.32 bits per heavy atom. The van der Waals surface area contributed by atoms with E-state index in [9.17, 15) is 14.4 Å². The van der Waals surface area contributed by atoms with Gasteiger partial charge in [0.25, 0.3) is 11.5 Å². The van der Waals surface area contributed by atoms with Crippen LogP contribution in [0.5, 0.6) is 0 Å². The van der Waals surface area contributed by atoms with Crippen molar-refractivity contribution < 1.29 is 9.53 Å². The Hall–Kier alpha value is -1.89. The average molecular weight is 267 g/mol. The molecule has 7 nitrogen and oxygen atoms in total. The highest BCUT2D eigenvalue weighted by Crippen LogP contribution is 2.13. The van der Waals surface area contributed by atoms with Crippen molar-refractivity contribution in [1.82, 2.24) is 14.5 Å². The Bertz CT molecular complexity index is 583. The second-order valence-electron chi connectivity index (χ2n) is 4.69. The van der Waals surface area contributed by atoms with Crippen LogP contribution < -0.4 is 11.2 Å². The summed E-state index contributed by atoms with van der Waals surface area (Å²) in [7, 11) is 2.95. The van der Waals surface area contributed by atoms with Gasteiger partial charge in [0.05, 0.1) is 6.10 Å². The molecule has 1 amide bonds. The summed E-state index contributed by atoms with van der Waals surface area (Å²) in [5.41, 5.74) is -1.17. The molecule has 7 heteroatoms. The largest absolute Gasteiger partial charge is 0.376 e. The fourth-order valence-corrected chi connectivity index (χ4v) is 2.10. The zero-order valence-corrected chi connectivity index (χ0v) is 11.0. The molecular weight excluding hydrogens is 250 g/mol. The number of H-pyrrole nitrogens is 1. The van der Waals surface area contributed by atoms with Crippen LogP contribution in [0.1, 0.15) is 23.2 Å². The van der Waals surface area contributed by atoms with Gasteiger partial charge in [-0.15, -0.1) is 0 Å². The number of aromatic amines is 1. The van der Waals surface area contributed by atoms with Gasteiger partial charge >= 0.3 is 5.69 Å². The molecule has 0 aromatic carbocycles. The van der Waals surface area contributed by atoms with E-state index in [2.05, 4.69) is 4.98 Å². The predicted molar refractivity (Wildman–Crippen MR) is 68.2 cm³/mol. The molecule has 1 atom stereocenters. The van der Waals surface area contributed by atoms with Gasteiger partial charge in [-0.05, 0) is 12.8 Å². The van der Waals surface area contributed by atoms with E-state index in [-0.39, 0.29) is 11.7 Å². The number of likely N-dealkylation sites (N-methyl/N-ethyl adjacent to an activating group) is 1. The maximum atomic E-state index is 12.2. The maximum absolute atomic E-state index is 12.2. The third-order valence-corrected chi connectivity index (χ3v) is 3.26. The van der Waals surface area contributed by atoms with E-state index in [0.717, 1.165) is 17.4 Å². The van der Waals surface area contributed by atoms with Crippen molar-refractivity contribution in [2.45, 2.75) is 18.9 Å². The lowest BCUT2D eigenvalue weighted by Crippen LogP contribution is -2.41. The lowest BCUT2D eigenvalue weighted by atomic mass is 10.2. The third kappa shape index (κ3) is 2.76. The van der Waals surface area contributed by atoms with E-state index in [1.54, 1.807) is 7.05 Å². The van der Waals surface area contributed by atoms with Gasteiger partial charge in [-0.1, -0.05) is 0 Å². The highest BCUT2D eigenvalue weighted by molar-refractivity contribution is 5.93. The zero-order valence-electron chi connectivity index (χ0n) is 11.0. The number of hydrogen-bond donors (Lipinski definition) is 1. The molecule has 1 aliphatic rings. The van der Waals surface area contributed by atoms with Crippen molar-refractivity contribution in [3.63, 3.8) is 0 Å². The molecule has 1 saturated heterocycles. The smallest absolute Gasteiger partial charge is 0.328 e. The number of amides is 1. The summed E-state index contributed by atoms with van der Waals surface area (Å²) in [6.45, 7) is 1.16. The summed E-state index contributed by atoms with van der Waals surface area (Å²) < 4.78 is 6.33. The molecule has 0 radical (unpaired) electrons. The monoisotopic (exact) mass is 267 g/mol. The molecule has 1 aliphatic heterocycles. The SMILES string of the molecule is CN(C[C@H]1CCCO1)C(=O)c1c[nH]c(=O)n(C)c1=O. The molecule has 1 aromatic heterocycles. The molecule has 1 aromatic rings. The molecular formula is C12H17N3O4. The lowest BCUT2D eigenvalue weighted by molar-refractivity contribution is 0.0585. The second-order valence-corrected chi connectivity index (χ2v) is 4.69. The summed E-state index contributed by atoms with van der Waals surface area (Å²) in [6.07, 6.45) is 3.11. The second kappa shape index (κ2) is 5.40. The fraction of sp³-hybridized carbons (Fsp3) is 0.583. The van der Waals surface area contributed by atoms with Crippen LogP contribution in [0.4, 0.5) is 0 Å². The lowest BCUT2D eigenvalue weighted by Gasteiger charge is -2.20. The Morgan fingerprint density at radius 3 is 2.95 bits per heavy atom. The fourth-order valence-electron chi connectivity index (χ4n) is 2.10. The number of nitrogens with one attached hydrogen (secondary N) is 1. The molecule has 0 unspecified atom stereocenters. The van der Waals surface area contributed by atoms with Crippen molar-refractivity contribution in [3.8, 4) is 0 Å². The normalized spacial score (nSPS) is 18.5. The van der Waals surface area contributed by atoms with Crippen molar-refractivity contribution >= 4 is 5.91 Å². The minimum Gasteiger partial charge on any atom is -0.376 e. The van der Waals surface area contributed by atoms with Gasteiger partial charge in [0.1, 0.15) is 5.56 Å². The molecule has 0 aliphatic carbocycles. The van der Waals surface area contributed by atoms with Crippen LogP contribution in [0.25, 0.3) is 0 Å².